The van der Waals surface area contributed by atoms with Crippen LogP contribution >= 0.6 is 0 Å². The van der Waals surface area contributed by atoms with E-state index in [4.69, 9.17) is 5.11 Å². The number of hydrogen-bond acceptors (Lipinski definition) is 4. The van der Waals surface area contributed by atoms with Crippen molar-refractivity contribution in [2.45, 2.75) is 27.7 Å². The average molecular weight is 231 g/mol. The van der Waals surface area contributed by atoms with Gasteiger partial charge in [0.1, 0.15) is 0 Å². The maximum Gasteiger partial charge on any atom is 0.0975 e. The summed E-state index contributed by atoms with van der Waals surface area (Å²) in [4.78, 5) is 1.84. The lowest BCUT2D eigenvalue weighted by Crippen LogP contribution is -2.35. The van der Waals surface area contributed by atoms with Crippen LogP contribution in [0.15, 0.2) is 22.5 Å². The predicted molar refractivity (Wildman–Crippen MR) is 64.2 cm³/mol. The third kappa shape index (κ3) is 1.92. The van der Waals surface area contributed by atoms with Crippen molar-refractivity contribution >= 4 is 0 Å². The van der Waals surface area contributed by atoms with Crippen LogP contribution < -0.4 is 0 Å². The second-order valence-electron chi connectivity index (χ2n) is 4.64. The maximum absolute atomic E-state index is 9.25. The fourth-order valence-corrected chi connectivity index (χ4v) is 2.43. The molecular weight excluding hydrogens is 214 g/mol. The minimum atomic E-state index is -0.552. The summed E-state index contributed by atoms with van der Waals surface area (Å²) in [6.45, 7) is 7.87. The Hall–Kier alpha value is -1.78. The normalized spacial score (nSPS) is 19.1. The number of aliphatic hydroxyl groups excluding tert-OH is 1. The molecule has 1 aliphatic heterocycles. The van der Waals surface area contributed by atoms with Crippen molar-refractivity contribution in [3.8, 4) is 12.1 Å². The molecule has 0 atom stereocenters. The molecule has 1 rings (SSSR count). The fourth-order valence-electron chi connectivity index (χ4n) is 2.43. The van der Waals surface area contributed by atoms with Gasteiger partial charge in [0.05, 0.1) is 29.9 Å². The van der Waals surface area contributed by atoms with E-state index in [2.05, 4.69) is 12.1 Å². The van der Waals surface area contributed by atoms with Gasteiger partial charge in [-0.25, -0.2) is 0 Å². The standard InChI is InChI=1S/C13H17N3O/c1-9-11(7-14)13(3,4)12(8-15)10(2)16(9)5-6-17/h17H,5-6H2,1-4H3. The highest BCUT2D eigenvalue weighted by atomic mass is 16.3. The van der Waals surface area contributed by atoms with Gasteiger partial charge < -0.3 is 10.0 Å². The Morgan fingerprint density at radius 2 is 1.53 bits per heavy atom. The van der Waals surface area contributed by atoms with Crippen LogP contribution in [0.2, 0.25) is 0 Å². The number of aliphatic hydroxyl groups is 1. The first-order valence-electron chi connectivity index (χ1n) is 5.53. The Kier molecular flexibility index (Phi) is 3.60. The molecule has 1 heterocycles. The average Bonchev–Trinajstić information content (AvgIpc) is 2.24. The van der Waals surface area contributed by atoms with E-state index < -0.39 is 5.41 Å². The van der Waals surface area contributed by atoms with Crippen molar-refractivity contribution in [1.29, 1.82) is 10.5 Å². The van der Waals surface area contributed by atoms with Crippen LogP contribution in [-0.4, -0.2) is 23.2 Å². The zero-order valence-corrected chi connectivity index (χ0v) is 10.7. The number of hydrogen-bond donors (Lipinski definition) is 1. The van der Waals surface area contributed by atoms with Gasteiger partial charge in [0, 0.05) is 23.4 Å². The molecule has 4 heteroatoms. The van der Waals surface area contributed by atoms with Gasteiger partial charge in [-0.3, -0.25) is 0 Å². The van der Waals surface area contributed by atoms with Gasteiger partial charge in [-0.2, -0.15) is 10.5 Å². The van der Waals surface area contributed by atoms with E-state index in [0.29, 0.717) is 17.7 Å². The third-order valence-corrected chi connectivity index (χ3v) is 3.33. The summed E-state index contributed by atoms with van der Waals surface area (Å²) in [5.41, 5.74) is 2.27. The molecule has 0 aliphatic carbocycles. The van der Waals surface area contributed by atoms with Gasteiger partial charge in [0.15, 0.2) is 0 Å². The fraction of sp³-hybridized carbons (Fsp3) is 0.538. The highest BCUT2D eigenvalue weighted by molar-refractivity contribution is 5.50. The smallest absolute Gasteiger partial charge is 0.0975 e. The van der Waals surface area contributed by atoms with Crippen LogP contribution in [0.3, 0.4) is 0 Å². The molecule has 0 bridgehead atoms. The number of nitrogens with zero attached hydrogens (tertiary/aromatic N) is 3. The van der Waals surface area contributed by atoms with E-state index in [0.717, 1.165) is 11.4 Å². The highest BCUT2D eigenvalue weighted by Gasteiger charge is 2.37. The number of allylic oxidation sites excluding steroid dienone is 4. The van der Waals surface area contributed by atoms with Crippen LogP contribution in [0.25, 0.3) is 0 Å². The van der Waals surface area contributed by atoms with E-state index in [-0.39, 0.29) is 6.61 Å². The van der Waals surface area contributed by atoms with E-state index in [1.807, 2.05) is 32.6 Å². The number of rotatable bonds is 2. The first-order chi connectivity index (χ1) is 7.91. The Labute approximate surface area is 102 Å². The zero-order chi connectivity index (χ0) is 13.2. The monoisotopic (exact) mass is 231 g/mol. The molecule has 90 valence electrons. The first-order valence-corrected chi connectivity index (χ1v) is 5.53. The minimum Gasteiger partial charge on any atom is -0.395 e. The molecule has 0 aromatic rings. The number of β-amino-alcohol motifs (C(OH)–C–C–N with tert-alkyl or cyclic N) is 1. The molecule has 1 N–H and O–H groups in total. The molecule has 0 spiro atoms. The molecule has 0 saturated heterocycles. The molecule has 0 aromatic carbocycles. The van der Waals surface area contributed by atoms with Gasteiger partial charge in [0.2, 0.25) is 0 Å². The van der Waals surface area contributed by atoms with Crippen molar-refractivity contribution in [3.05, 3.63) is 22.5 Å². The van der Waals surface area contributed by atoms with Gasteiger partial charge in [0.25, 0.3) is 0 Å². The SMILES string of the molecule is CC1=C(C#N)C(C)(C)C(C#N)=C(C)N1CCO. The molecule has 0 aromatic heterocycles. The molecule has 0 unspecified atom stereocenters. The summed E-state index contributed by atoms with van der Waals surface area (Å²) in [7, 11) is 0. The van der Waals surface area contributed by atoms with E-state index in [1.165, 1.54) is 0 Å². The van der Waals surface area contributed by atoms with Crippen molar-refractivity contribution < 1.29 is 5.11 Å². The summed E-state index contributed by atoms with van der Waals surface area (Å²) in [6, 6.07) is 4.38. The molecule has 0 saturated carbocycles. The van der Waals surface area contributed by atoms with Crippen LogP contribution in [0.4, 0.5) is 0 Å². The summed E-state index contributed by atoms with van der Waals surface area (Å²) in [6.07, 6.45) is 0. The number of nitriles is 2. The minimum absolute atomic E-state index is 0.00741. The Morgan fingerprint density at radius 1 is 1.12 bits per heavy atom. The van der Waals surface area contributed by atoms with Gasteiger partial charge in [-0.05, 0) is 13.8 Å². The lowest BCUT2D eigenvalue weighted by molar-refractivity contribution is 0.241. The van der Waals surface area contributed by atoms with Crippen molar-refractivity contribution in [2.24, 2.45) is 5.41 Å². The molecule has 0 amide bonds. The first kappa shape index (κ1) is 13.3. The molecule has 0 fully saturated rings. The summed E-state index contributed by atoms with van der Waals surface area (Å²) >= 11 is 0. The summed E-state index contributed by atoms with van der Waals surface area (Å²) < 4.78 is 0. The molecule has 0 radical (unpaired) electrons. The van der Waals surface area contributed by atoms with E-state index >= 15 is 0 Å². The quantitative estimate of drug-likeness (QED) is 0.788. The van der Waals surface area contributed by atoms with E-state index in [1.54, 1.807) is 0 Å². The lowest BCUT2D eigenvalue weighted by Gasteiger charge is -2.38. The molecular formula is C13H17N3O. The summed E-state index contributed by atoms with van der Waals surface area (Å²) in [5, 5.41) is 27.6. The van der Waals surface area contributed by atoms with Crippen LogP contribution in [0.1, 0.15) is 27.7 Å². The van der Waals surface area contributed by atoms with Crippen LogP contribution in [-0.2, 0) is 0 Å². The topological polar surface area (TPSA) is 71.0 Å². The lowest BCUT2D eigenvalue weighted by atomic mass is 9.74. The van der Waals surface area contributed by atoms with Crippen molar-refractivity contribution in [3.63, 3.8) is 0 Å². The highest BCUT2D eigenvalue weighted by Crippen LogP contribution is 2.43. The molecule has 1 aliphatic rings. The molecule has 17 heavy (non-hydrogen) atoms. The van der Waals surface area contributed by atoms with Gasteiger partial charge in [-0.15, -0.1) is 0 Å². The van der Waals surface area contributed by atoms with Crippen molar-refractivity contribution in [2.75, 3.05) is 13.2 Å². The molecule has 4 nitrogen and oxygen atoms in total. The second-order valence-corrected chi connectivity index (χ2v) is 4.64. The van der Waals surface area contributed by atoms with Crippen molar-refractivity contribution in [1.82, 2.24) is 4.90 Å². The second kappa shape index (κ2) is 4.61. The predicted octanol–water partition coefficient (Wildman–Crippen LogP) is 1.92. The maximum atomic E-state index is 9.25. The van der Waals surface area contributed by atoms with Gasteiger partial charge >= 0.3 is 0 Å². The van der Waals surface area contributed by atoms with E-state index in [9.17, 15) is 10.5 Å². The Bertz CT molecular complexity index is 432. The largest absolute Gasteiger partial charge is 0.395 e. The summed E-state index contributed by atoms with van der Waals surface area (Å²) in [5.74, 6) is 0. The zero-order valence-electron chi connectivity index (χ0n) is 10.7. The Morgan fingerprint density at radius 3 is 1.82 bits per heavy atom. The van der Waals surface area contributed by atoms with Gasteiger partial charge in [-0.1, -0.05) is 13.8 Å². The van der Waals surface area contributed by atoms with Crippen LogP contribution in [0, 0.1) is 28.1 Å². The Balaban J connectivity index is 3.45. The van der Waals surface area contributed by atoms with Crippen LogP contribution in [0.5, 0.6) is 0 Å². The third-order valence-electron chi connectivity index (χ3n) is 3.33.